The maximum Gasteiger partial charge on any atom is 0.180 e. The van der Waals surface area contributed by atoms with Crippen molar-refractivity contribution < 1.29 is 14.8 Å². The number of ether oxygens (including phenoxy) is 2. The van der Waals surface area contributed by atoms with Gasteiger partial charge >= 0.3 is 0 Å². The van der Waals surface area contributed by atoms with Gasteiger partial charge in [-0.15, -0.1) is 0 Å². The van der Waals surface area contributed by atoms with Crippen LogP contribution in [0.1, 0.15) is 20.3 Å². The van der Waals surface area contributed by atoms with Crippen molar-refractivity contribution in [3.8, 4) is 5.75 Å². The van der Waals surface area contributed by atoms with E-state index >= 15 is 0 Å². The Morgan fingerprint density at radius 1 is 1.44 bits per heavy atom. The van der Waals surface area contributed by atoms with Gasteiger partial charge < -0.3 is 14.8 Å². The molecule has 0 radical (unpaired) electrons. The molecule has 1 heterocycles. The van der Waals surface area contributed by atoms with Crippen LogP contribution in [0.4, 0.5) is 5.69 Å². The molecule has 0 spiro atoms. The van der Waals surface area contributed by atoms with Crippen LogP contribution in [0, 0.1) is 0 Å². The van der Waals surface area contributed by atoms with E-state index in [1.54, 1.807) is 0 Å². The zero-order valence-electron chi connectivity index (χ0n) is 10.0. The molecule has 1 aliphatic heterocycles. The Hall–Kier alpha value is -1.06. The highest BCUT2D eigenvalue weighted by Gasteiger charge is 2.34. The minimum Gasteiger partial charge on any atom is -0.475 e. The molecule has 0 amide bonds. The van der Waals surface area contributed by atoms with Gasteiger partial charge in [-0.25, -0.2) is 0 Å². The Morgan fingerprint density at radius 2 is 2.25 bits per heavy atom. The summed E-state index contributed by atoms with van der Waals surface area (Å²) in [6.45, 7) is 6.67. The van der Waals surface area contributed by atoms with Crippen LogP contribution in [0.2, 0.25) is 0 Å². The Balaban J connectivity index is 2.00. The number of rotatable bonds is 4. The smallest absolute Gasteiger partial charge is 0.180 e. The van der Waals surface area contributed by atoms with Gasteiger partial charge in [-0.2, -0.15) is 0 Å². The number of hydrogen-bond donors (Lipinski definition) is 1. The minimum absolute atomic E-state index is 0.108. The first-order valence-corrected chi connectivity index (χ1v) is 5.92. The van der Waals surface area contributed by atoms with Crippen molar-refractivity contribution in [2.75, 3.05) is 19.8 Å². The SMILES string of the molecule is CCOCCC1(C)C[NH2+]c2ccccc2O1. The Kier molecular flexibility index (Phi) is 3.46. The van der Waals surface area contributed by atoms with Crippen molar-refractivity contribution in [2.24, 2.45) is 0 Å². The minimum atomic E-state index is -0.108. The molecule has 0 saturated heterocycles. The second-order valence-electron chi connectivity index (χ2n) is 4.44. The molecular weight excluding hydrogens is 202 g/mol. The van der Waals surface area contributed by atoms with Gasteiger partial charge in [-0.1, -0.05) is 12.1 Å². The van der Waals surface area contributed by atoms with Crippen LogP contribution in [-0.2, 0) is 4.74 Å². The lowest BCUT2D eigenvalue weighted by molar-refractivity contribution is -0.594. The first kappa shape index (κ1) is 11.4. The number of quaternary nitrogens is 1. The summed E-state index contributed by atoms with van der Waals surface area (Å²) < 4.78 is 11.5. The van der Waals surface area contributed by atoms with E-state index in [2.05, 4.69) is 18.3 Å². The molecule has 88 valence electrons. The summed E-state index contributed by atoms with van der Waals surface area (Å²) in [5, 5.41) is 2.25. The average molecular weight is 222 g/mol. The van der Waals surface area contributed by atoms with E-state index in [-0.39, 0.29) is 5.60 Å². The van der Waals surface area contributed by atoms with E-state index in [9.17, 15) is 0 Å². The molecule has 3 heteroatoms. The van der Waals surface area contributed by atoms with Crippen LogP contribution in [0.5, 0.6) is 5.75 Å². The molecule has 1 aliphatic rings. The van der Waals surface area contributed by atoms with Crippen LogP contribution < -0.4 is 10.1 Å². The summed E-state index contributed by atoms with van der Waals surface area (Å²) >= 11 is 0. The molecule has 0 saturated carbocycles. The first-order chi connectivity index (χ1) is 7.73. The van der Waals surface area contributed by atoms with Gasteiger partial charge in [0.2, 0.25) is 0 Å². The lowest BCUT2D eigenvalue weighted by atomic mass is 10.0. The van der Waals surface area contributed by atoms with Crippen LogP contribution in [0.15, 0.2) is 24.3 Å². The van der Waals surface area contributed by atoms with Crippen LogP contribution in [-0.4, -0.2) is 25.4 Å². The van der Waals surface area contributed by atoms with E-state index in [1.165, 1.54) is 5.69 Å². The van der Waals surface area contributed by atoms with Gasteiger partial charge in [-0.3, -0.25) is 0 Å². The maximum atomic E-state index is 6.05. The van der Waals surface area contributed by atoms with Gasteiger partial charge in [0.1, 0.15) is 6.54 Å². The third-order valence-electron chi connectivity index (χ3n) is 3.01. The van der Waals surface area contributed by atoms with Crippen LogP contribution in [0.25, 0.3) is 0 Å². The molecule has 0 fully saturated rings. The average Bonchev–Trinajstić information content (AvgIpc) is 2.29. The van der Waals surface area contributed by atoms with E-state index in [0.717, 1.165) is 31.9 Å². The number of hydrogen-bond acceptors (Lipinski definition) is 2. The van der Waals surface area contributed by atoms with E-state index in [1.807, 2.05) is 25.1 Å². The quantitative estimate of drug-likeness (QED) is 0.618. The van der Waals surface area contributed by atoms with Gasteiger partial charge in [0.15, 0.2) is 17.0 Å². The molecule has 0 aromatic heterocycles. The molecule has 3 nitrogen and oxygen atoms in total. The number of para-hydroxylation sites is 2. The van der Waals surface area contributed by atoms with Gasteiger partial charge in [0.05, 0.1) is 6.61 Å². The summed E-state index contributed by atoms with van der Waals surface area (Å²) in [7, 11) is 0. The highest BCUT2D eigenvalue weighted by atomic mass is 16.5. The van der Waals surface area contributed by atoms with Gasteiger partial charge in [0.25, 0.3) is 0 Å². The summed E-state index contributed by atoms with van der Waals surface area (Å²) in [5.41, 5.74) is 1.10. The maximum absolute atomic E-state index is 6.05. The largest absolute Gasteiger partial charge is 0.475 e. The molecule has 1 unspecified atom stereocenters. The third-order valence-corrected chi connectivity index (χ3v) is 3.01. The van der Waals surface area contributed by atoms with Crippen LogP contribution >= 0.6 is 0 Å². The molecule has 16 heavy (non-hydrogen) atoms. The molecule has 1 atom stereocenters. The van der Waals surface area contributed by atoms with Crippen molar-refractivity contribution >= 4 is 5.69 Å². The lowest BCUT2D eigenvalue weighted by Gasteiger charge is -2.33. The second kappa shape index (κ2) is 4.85. The molecule has 1 aromatic carbocycles. The summed E-state index contributed by atoms with van der Waals surface area (Å²) in [6, 6.07) is 8.18. The monoisotopic (exact) mass is 222 g/mol. The van der Waals surface area contributed by atoms with Crippen molar-refractivity contribution in [3.05, 3.63) is 24.3 Å². The van der Waals surface area contributed by atoms with E-state index in [4.69, 9.17) is 9.47 Å². The summed E-state index contributed by atoms with van der Waals surface area (Å²) in [4.78, 5) is 0. The normalized spacial score (nSPS) is 23.6. The van der Waals surface area contributed by atoms with E-state index in [0.29, 0.717) is 0 Å². The summed E-state index contributed by atoms with van der Waals surface area (Å²) in [5.74, 6) is 0.993. The number of benzene rings is 1. The topological polar surface area (TPSA) is 35.1 Å². The Morgan fingerprint density at radius 3 is 3.06 bits per heavy atom. The predicted molar refractivity (Wildman–Crippen MR) is 63.0 cm³/mol. The summed E-state index contributed by atoms with van der Waals surface area (Å²) in [6.07, 6.45) is 0.936. The zero-order chi connectivity index (χ0) is 11.4. The zero-order valence-corrected chi connectivity index (χ0v) is 10.0. The molecular formula is C13H20NO2+. The molecule has 0 bridgehead atoms. The number of fused-ring (bicyclic) bond motifs is 1. The van der Waals surface area contributed by atoms with Crippen molar-refractivity contribution in [1.29, 1.82) is 0 Å². The van der Waals surface area contributed by atoms with Crippen molar-refractivity contribution in [3.63, 3.8) is 0 Å². The van der Waals surface area contributed by atoms with Crippen molar-refractivity contribution in [2.45, 2.75) is 25.9 Å². The fraction of sp³-hybridized carbons (Fsp3) is 0.538. The highest BCUT2D eigenvalue weighted by molar-refractivity contribution is 5.46. The molecule has 2 N–H and O–H groups in total. The lowest BCUT2D eigenvalue weighted by Crippen LogP contribution is -2.85. The Bertz CT molecular complexity index is 354. The number of nitrogens with two attached hydrogens (primary N) is 1. The fourth-order valence-electron chi connectivity index (χ4n) is 1.96. The highest BCUT2D eigenvalue weighted by Crippen LogP contribution is 2.28. The fourth-order valence-corrected chi connectivity index (χ4v) is 1.96. The molecule has 0 aliphatic carbocycles. The Labute approximate surface area is 96.8 Å². The van der Waals surface area contributed by atoms with E-state index < -0.39 is 0 Å². The third kappa shape index (κ3) is 2.54. The van der Waals surface area contributed by atoms with Gasteiger partial charge in [0, 0.05) is 19.1 Å². The second-order valence-corrected chi connectivity index (χ2v) is 4.44. The molecule has 2 rings (SSSR count). The van der Waals surface area contributed by atoms with Gasteiger partial charge in [-0.05, 0) is 19.9 Å². The standard InChI is InChI=1S/C13H19NO2/c1-3-15-9-8-13(2)10-14-11-6-4-5-7-12(11)16-13/h4-7,14H,3,8-10H2,1-2H3/p+1. The molecule has 1 aromatic rings. The predicted octanol–water partition coefficient (Wildman–Crippen LogP) is 1.46. The van der Waals surface area contributed by atoms with Crippen LogP contribution in [0.3, 0.4) is 0 Å². The van der Waals surface area contributed by atoms with Crippen molar-refractivity contribution in [1.82, 2.24) is 0 Å². The first-order valence-electron chi connectivity index (χ1n) is 5.92.